The molecule has 0 aromatic carbocycles. The summed E-state index contributed by atoms with van der Waals surface area (Å²) in [4.78, 5) is 0. The second kappa shape index (κ2) is 5.69. The molecule has 0 radical (unpaired) electrons. The normalized spacial score (nSPS) is 17.5. The van der Waals surface area contributed by atoms with Crippen molar-refractivity contribution in [1.82, 2.24) is 0 Å². The van der Waals surface area contributed by atoms with Gasteiger partial charge in [0.2, 0.25) is 0 Å². The first-order valence-electron chi connectivity index (χ1n) is 3.79. The van der Waals surface area contributed by atoms with Gasteiger partial charge in [0.25, 0.3) is 0 Å². The number of hydrogen-bond acceptors (Lipinski definition) is 1. The fraction of sp³-hybridized carbons (Fsp3) is 1.00. The Bertz CT molecular complexity index is 130. The number of alkyl halides is 4. The van der Waals surface area contributed by atoms with Crippen LogP contribution in [0.1, 0.15) is 32.6 Å². The van der Waals surface area contributed by atoms with E-state index < -0.39 is 6.65 Å². The smallest absolute Gasteiger partial charge is 0.173 e. The molecule has 0 aliphatic carbocycles. The van der Waals surface area contributed by atoms with Gasteiger partial charge in [-0.15, -0.1) is 0 Å². The van der Waals surface area contributed by atoms with Crippen molar-refractivity contribution in [2.75, 3.05) is 0 Å². The van der Waals surface area contributed by atoms with Gasteiger partial charge in [0, 0.05) is 0 Å². The molecule has 0 amide bonds. The zero-order valence-corrected chi connectivity index (χ0v) is 13.1. The first-order chi connectivity index (χ1) is 5.31. The SMILES string of the molecule is CCCCCC(O)(Br)C(Br)(Br)Br. The average molecular weight is 432 g/mol. The molecule has 1 nitrogen and oxygen atoms in total. The van der Waals surface area contributed by atoms with Crippen LogP contribution in [0.3, 0.4) is 0 Å². The van der Waals surface area contributed by atoms with Gasteiger partial charge in [0.05, 0.1) is 0 Å². The van der Waals surface area contributed by atoms with Crippen LogP contribution in [0.15, 0.2) is 0 Å². The molecule has 74 valence electrons. The van der Waals surface area contributed by atoms with Crippen molar-refractivity contribution in [2.45, 2.75) is 39.3 Å². The topological polar surface area (TPSA) is 20.2 Å². The molecule has 0 rings (SSSR count). The van der Waals surface area contributed by atoms with Gasteiger partial charge >= 0.3 is 0 Å². The summed E-state index contributed by atoms with van der Waals surface area (Å²) in [5.74, 6) is 0. The summed E-state index contributed by atoms with van der Waals surface area (Å²) >= 11 is 13.1. The van der Waals surface area contributed by atoms with E-state index in [0.717, 1.165) is 19.3 Å². The number of unbranched alkanes of at least 4 members (excludes halogenated alkanes) is 2. The highest BCUT2D eigenvalue weighted by Crippen LogP contribution is 2.49. The van der Waals surface area contributed by atoms with E-state index in [1.165, 1.54) is 0 Å². The molecule has 1 N–H and O–H groups in total. The molecular formula is C7H12Br4O. The van der Waals surface area contributed by atoms with E-state index in [9.17, 15) is 5.11 Å². The maximum Gasteiger partial charge on any atom is 0.173 e. The van der Waals surface area contributed by atoms with Crippen LogP contribution < -0.4 is 0 Å². The maximum atomic E-state index is 9.85. The van der Waals surface area contributed by atoms with E-state index in [0.29, 0.717) is 6.42 Å². The second-order valence-electron chi connectivity index (χ2n) is 2.71. The highest BCUT2D eigenvalue weighted by molar-refractivity contribution is 9.40. The van der Waals surface area contributed by atoms with Gasteiger partial charge in [-0.25, -0.2) is 0 Å². The predicted molar refractivity (Wildman–Crippen MR) is 67.5 cm³/mol. The molecule has 0 fully saturated rings. The molecule has 0 saturated heterocycles. The third-order valence-corrected chi connectivity index (χ3v) is 6.10. The molecule has 0 bridgehead atoms. The Balaban J connectivity index is 3.88. The fourth-order valence-corrected chi connectivity index (χ4v) is 1.63. The highest BCUT2D eigenvalue weighted by Gasteiger charge is 2.42. The molecule has 0 heterocycles. The zero-order chi connectivity index (χ0) is 9.83. The molecule has 0 aromatic heterocycles. The van der Waals surface area contributed by atoms with Crippen LogP contribution in [0.25, 0.3) is 0 Å². The highest BCUT2D eigenvalue weighted by atomic mass is 80.0. The third kappa shape index (κ3) is 4.94. The Morgan fingerprint density at radius 3 is 1.92 bits per heavy atom. The van der Waals surface area contributed by atoms with Crippen LogP contribution in [0.2, 0.25) is 0 Å². The minimum atomic E-state index is -0.949. The molecule has 1 unspecified atom stereocenters. The minimum Gasteiger partial charge on any atom is -0.376 e. The van der Waals surface area contributed by atoms with Gasteiger partial charge in [-0.2, -0.15) is 0 Å². The van der Waals surface area contributed by atoms with E-state index in [1.54, 1.807) is 0 Å². The Morgan fingerprint density at radius 1 is 1.08 bits per heavy atom. The second-order valence-corrected chi connectivity index (χ2v) is 10.8. The minimum absolute atomic E-state index is 0.645. The summed E-state index contributed by atoms with van der Waals surface area (Å²) in [6.07, 6.45) is 3.99. The van der Waals surface area contributed by atoms with Crippen molar-refractivity contribution in [3.8, 4) is 0 Å². The van der Waals surface area contributed by atoms with E-state index in [-0.39, 0.29) is 0 Å². The summed E-state index contributed by atoms with van der Waals surface area (Å²) in [5.41, 5.74) is 0. The summed E-state index contributed by atoms with van der Waals surface area (Å²) in [6, 6.07) is 0. The Labute approximate surface area is 107 Å². The molecule has 0 spiro atoms. The Kier molecular flexibility index (Phi) is 6.58. The van der Waals surface area contributed by atoms with Crippen LogP contribution in [0.5, 0.6) is 0 Å². The lowest BCUT2D eigenvalue weighted by atomic mass is 10.1. The van der Waals surface area contributed by atoms with Crippen LogP contribution in [-0.2, 0) is 0 Å². The number of aliphatic hydroxyl groups is 1. The van der Waals surface area contributed by atoms with Gasteiger partial charge < -0.3 is 5.11 Å². The number of hydrogen-bond donors (Lipinski definition) is 1. The Hall–Kier alpha value is 1.88. The van der Waals surface area contributed by atoms with Crippen LogP contribution in [0.4, 0.5) is 0 Å². The molecule has 0 aliphatic heterocycles. The van der Waals surface area contributed by atoms with Crippen molar-refractivity contribution < 1.29 is 5.11 Å². The zero-order valence-electron chi connectivity index (χ0n) is 6.79. The van der Waals surface area contributed by atoms with Crippen molar-refractivity contribution >= 4 is 63.7 Å². The molecule has 0 aromatic rings. The van der Waals surface area contributed by atoms with Crippen molar-refractivity contribution in [1.29, 1.82) is 0 Å². The average Bonchev–Trinajstić information content (AvgIpc) is 1.85. The van der Waals surface area contributed by atoms with Gasteiger partial charge in [-0.05, 0) is 12.8 Å². The molecule has 0 aliphatic rings. The lowest BCUT2D eigenvalue weighted by molar-refractivity contribution is 0.146. The fourth-order valence-electron chi connectivity index (χ4n) is 0.751. The number of halogens is 4. The molecule has 1 atom stereocenters. The van der Waals surface area contributed by atoms with Crippen LogP contribution >= 0.6 is 63.7 Å². The Morgan fingerprint density at radius 2 is 1.58 bits per heavy atom. The van der Waals surface area contributed by atoms with Gasteiger partial charge in [-0.3, -0.25) is 0 Å². The number of rotatable bonds is 4. The summed E-state index contributed by atoms with van der Waals surface area (Å²) in [5, 5.41) is 9.85. The molecular weight excluding hydrogens is 420 g/mol. The van der Waals surface area contributed by atoms with Gasteiger partial charge in [-0.1, -0.05) is 83.5 Å². The van der Waals surface area contributed by atoms with E-state index in [2.05, 4.69) is 70.6 Å². The predicted octanol–water partition coefficient (Wildman–Crippen LogP) is 4.49. The monoisotopic (exact) mass is 428 g/mol. The van der Waals surface area contributed by atoms with E-state index >= 15 is 0 Å². The third-order valence-electron chi connectivity index (χ3n) is 1.55. The molecule has 5 heteroatoms. The molecule has 0 saturated carbocycles. The van der Waals surface area contributed by atoms with E-state index in [1.807, 2.05) is 0 Å². The first kappa shape index (κ1) is 13.9. The van der Waals surface area contributed by atoms with Gasteiger partial charge in [0.1, 0.15) is 0 Å². The van der Waals surface area contributed by atoms with Gasteiger partial charge in [0.15, 0.2) is 6.65 Å². The quantitative estimate of drug-likeness (QED) is 0.514. The maximum absolute atomic E-state index is 9.85. The molecule has 12 heavy (non-hydrogen) atoms. The van der Waals surface area contributed by atoms with Crippen molar-refractivity contribution in [3.63, 3.8) is 0 Å². The van der Waals surface area contributed by atoms with Crippen LogP contribution in [0, 0.1) is 0 Å². The largest absolute Gasteiger partial charge is 0.376 e. The lowest BCUT2D eigenvalue weighted by Gasteiger charge is -2.29. The van der Waals surface area contributed by atoms with E-state index in [4.69, 9.17) is 0 Å². The van der Waals surface area contributed by atoms with Crippen molar-refractivity contribution in [2.24, 2.45) is 0 Å². The van der Waals surface area contributed by atoms with Crippen LogP contribution in [-0.4, -0.2) is 11.8 Å². The summed E-state index contributed by atoms with van der Waals surface area (Å²) < 4.78 is -1.59. The first-order valence-corrected chi connectivity index (χ1v) is 6.96. The summed E-state index contributed by atoms with van der Waals surface area (Å²) in [6.45, 7) is 2.14. The standard InChI is InChI=1S/C7H12Br4O/c1-2-3-4-5-6(8,12)7(9,10)11/h12H,2-5H2,1H3. The van der Waals surface area contributed by atoms with Crippen molar-refractivity contribution in [3.05, 3.63) is 0 Å². The summed E-state index contributed by atoms with van der Waals surface area (Å²) in [7, 11) is 0. The lowest BCUT2D eigenvalue weighted by Crippen LogP contribution is -2.34.